The Hall–Kier alpha value is -5.12. The van der Waals surface area contributed by atoms with Gasteiger partial charge in [0.2, 0.25) is 5.91 Å². The number of hydrogen-bond acceptors (Lipinski definition) is 7. The summed E-state index contributed by atoms with van der Waals surface area (Å²) in [6.07, 6.45) is 2.35. The van der Waals surface area contributed by atoms with E-state index in [0.29, 0.717) is 11.1 Å². The summed E-state index contributed by atoms with van der Waals surface area (Å²) in [7, 11) is 0. The van der Waals surface area contributed by atoms with Crippen molar-refractivity contribution >= 4 is 35.2 Å². The predicted molar refractivity (Wildman–Crippen MR) is 163 cm³/mol. The maximum Gasteiger partial charge on any atom is 0.377 e. The quantitative estimate of drug-likeness (QED) is 0.253. The van der Waals surface area contributed by atoms with E-state index in [1.54, 1.807) is 107 Å². The van der Waals surface area contributed by atoms with Crippen LogP contribution in [-0.4, -0.2) is 67.6 Å². The fraction of sp³-hybridized carbons (Fsp3) is 0.294. The highest BCUT2D eigenvalue weighted by Crippen LogP contribution is 2.34. The summed E-state index contributed by atoms with van der Waals surface area (Å²) in [5.41, 5.74) is 1.48. The van der Waals surface area contributed by atoms with Crippen molar-refractivity contribution in [3.63, 3.8) is 0 Å². The standard InChI is InChI=1S/C34H36N4O6/c1-22(2)30-33(42)38(29(26-16-10-7-11-17-26)21-36(30)32(41)27-18-12-13-19-35-27)37(24(5)39)28(20-25-14-8-6-9-15-25)31(40)34(43)44-23(3)4/h6-19,21-23,28,30H,20H2,1-5H3/t28-,30?/m0/s1. The first-order valence-electron chi connectivity index (χ1n) is 14.4. The molecular weight excluding hydrogens is 560 g/mol. The zero-order chi connectivity index (χ0) is 32.0. The molecule has 0 radical (unpaired) electrons. The van der Waals surface area contributed by atoms with Crippen LogP contribution in [0.5, 0.6) is 0 Å². The van der Waals surface area contributed by atoms with Gasteiger partial charge in [0.15, 0.2) is 0 Å². The lowest BCUT2D eigenvalue weighted by atomic mass is 9.96. The second-order valence-electron chi connectivity index (χ2n) is 11.0. The van der Waals surface area contributed by atoms with E-state index >= 15 is 0 Å². The Bertz CT molecular complexity index is 1540. The highest BCUT2D eigenvalue weighted by atomic mass is 16.5. The van der Waals surface area contributed by atoms with E-state index in [-0.39, 0.29) is 17.8 Å². The van der Waals surface area contributed by atoms with Crippen molar-refractivity contribution in [1.82, 2.24) is 19.9 Å². The molecule has 2 heterocycles. The van der Waals surface area contributed by atoms with Crippen molar-refractivity contribution in [2.45, 2.75) is 59.2 Å². The van der Waals surface area contributed by atoms with E-state index in [1.807, 2.05) is 0 Å². The van der Waals surface area contributed by atoms with Crippen LogP contribution in [0.3, 0.4) is 0 Å². The summed E-state index contributed by atoms with van der Waals surface area (Å²) in [6, 6.07) is 20.1. The lowest BCUT2D eigenvalue weighted by Gasteiger charge is -2.46. The number of nitrogens with zero attached hydrogens (tertiary/aromatic N) is 4. The fourth-order valence-corrected chi connectivity index (χ4v) is 5.11. The lowest BCUT2D eigenvalue weighted by molar-refractivity contribution is -0.171. The molecule has 228 valence electrons. The van der Waals surface area contributed by atoms with Gasteiger partial charge in [-0.15, -0.1) is 0 Å². The summed E-state index contributed by atoms with van der Waals surface area (Å²) in [6.45, 7) is 8.03. The van der Waals surface area contributed by atoms with Gasteiger partial charge in [-0.05, 0) is 37.5 Å². The summed E-state index contributed by atoms with van der Waals surface area (Å²) in [5.74, 6) is -4.28. The number of aromatic nitrogens is 1. The minimum atomic E-state index is -1.43. The van der Waals surface area contributed by atoms with Gasteiger partial charge in [-0.1, -0.05) is 80.6 Å². The van der Waals surface area contributed by atoms with Gasteiger partial charge >= 0.3 is 5.97 Å². The van der Waals surface area contributed by atoms with Crippen LogP contribution in [0, 0.1) is 5.92 Å². The van der Waals surface area contributed by atoms with E-state index in [1.165, 1.54) is 24.2 Å². The molecule has 1 unspecified atom stereocenters. The third-order valence-corrected chi connectivity index (χ3v) is 7.02. The molecule has 0 saturated carbocycles. The lowest BCUT2D eigenvalue weighted by Crippen LogP contribution is -2.64. The number of amides is 3. The number of hydrogen-bond donors (Lipinski definition) is 0. The van der Waals surface area contributed by atoms with Gasteiger partial charge in [0.05, 0.1) is 11.8 Å². The Labute approximate surface area is 256 Å². The van der Waals surface area contributed by atoms with Crippen LogP contribution in [0.4, 0.5) is 0 Å². The highest BCUT2D eigenvalue weighted by Gasteiger charge is 2.47. The van der Waals surface area contributed by atoms with Crippen molar-refractivity contribution in [3.8, 4) is 0 Å². The average molecular weight is 597 g/mol. The van der Waals surface area contributed by atoms with E-state index < -0.39 is 53.6 Å². The van der Waals surface area contributed by atoms with Gasteiger partial charge in [-0.2, -0.15) is 0 Å². The van der Waals surface area contributed by atoms with Crippen LogP contribution in [0.1, 0.15) is 56.2 Å². The minimum absolute atomic E-state index is 0.0682. The van der Waals surface area contributed by atoms with Gasteiger partial charge in [0.25, 0.3) is 17.6 Å². The second-order valence-corrected chi connectivity index (χ2v) is 11.0. The molecule has 0 fully saturated rings. The molecule has 10 heteroatoms. The number of ether oxygens (including phenoxy) is 1. The number of esters is 1. The average Bonchev–Trinajstić information content (AvgIpc) is 3.01. The second kappa shape index (κ2) is 13.9. The van der Waals surface area contributed by atoms with Gasteiger partial charge < -0.3 is 4.74 Å². The Kier molecular flexibility index (Phi) is 10.0. The van der Waals surface area contributed by atoms with Crippen molar-refractivity contribution in [1.29, 1.82) is 0 Å². The molecule has 3 aromatic rings. The molecule has 4 rings (SSSR count). The Balaban J connectivity index is 1.93. The summed E-state index contributed by atoms with van der Waals surface area (Å²) >= 11 is 0. The molecule has 44 heavy (non-hydrogen) atoms. The smallest absolute Gasteiger partial charge is 0.377 e. The number of carbonyl (C=O) groups is 5. The molecule has 0 spiro atoms. The third-order valence-electron chi connectivity index (χ3n) is 7.02. The maximum atomic E-state index is 14.6. The van der Waals surface area contributed by atoms with E-state index in [0.717, 1.165) is 10.0 Å². The van der Waals surface area contributed by atoms with Crippen molar-refractivity contribution < 1.29 is 28.7 Å². The Morgan fingerprint density at radius 2 is 1.50 bits per heavy atom. The fourth-order valence-electron chi connectivity index (χ4n) is 5.11. The number of rotatable bonds is 10. The molecule has 0 aliphatic carbocycles. The van der Waals surface area contributed by atoms with Crippen molar-refractivity contribution in [2.24, 2.45) is 5.92 Å². The molecule has 1 aromatic heterocycles. The summed E-state index contributed by atoms with van der Waals surface area (Å²) in [5, 5.41) is 2.16. The van der Waals surface area contributed by atoms with Crippen LogP contribution < -0.4 is 0 Å². The molecule has 1 aliphatic rings. The van der Waals surface area contributed by atoms with E-state index in [9.17, 15) is 24.0 Å². The largest absolute Gasteiger partial charge is 0.457 e. The van der Waals surface area contributed by atoms with E-state index in [4.69, 9.17) is 4.74 Å². The van der Waals surface area contributed by atoms with Gasteiger partial charge in [0.1, 0.15) is 17.8 Å². The molecule has 0 bridgehead atoms. The van der Waals surface area contributed by atoms with Gasteiger partial charge in [-0.25, -0.2) is 14.8 Å². The van der Waals surface area contributed by atoms with Crippen molar-refractivity contribution in [2.75, 3.05) is 0 Å². The van der Waals surface area contributed by atoms with Crippen LogP contribution in [0.15, 0.2) is 91.3 Å². The van der Waals surface area contributed by atoms with Crippen LogP contribution >= 0.6 is 0 Å². The molecule has 10 nitrogen and oxygen atoms in total. The first-order chi connectivity index (χ1) is 21.0. The molecule has 2 atom stereocenters. The minimum Gasteiger partial charge on any atom is -0.457 e. The molecule has 3 amide bonds. The topological polar surface area (TPSA) is 117 Å². The maximum absolute atomic E-state index is 14.6. The number of ketones is 1. The molecular formula is C34H36N4O6. The normalized spacial score (nSPS) is 15.6. The van der Waals surface area contributed by atoms with Crippen LogP contribution in [-0.2, 0) is 30.3 Å². The van der Waals surface area contributed by atoms with Crippen LogP contribution in [0.2, 0.25) is 0 Å². The molecule has 2 aromatic carbocycles. The highest BCUT2D eigenvalue weighted by molar-refractivity contribution is 6.36. The third kappa shape index (κ3) is 6.91. The number of pyridine rings is 1. The summed E-state index contributed by atoms with van der Waals surface area (Å²) in [4.78, 5) is 74.3. The first-order valence-corrected chi connectivity index (χ1v) is 14.4. The van der Waals surface area contributed by atoms with Crippen molar-refractivity contribution in [3.05, 3.63) is 108 Å². The Morgan fingerprint density at radius 1 is 0.886 bits per heavy atom. The number of Topliss-reactive ketones (excluding diaryl/α,β-unsaturated/α-hetero) is 1. The van der Waals surface area contributed by atoms with Crippen LogP contribution in [0.25, 0.3) is 5.70 Å². The Morgan fingerprint density at radius 3 is 2.05 bits per heavy atom. The first kappa shape index (κ1) is 31.8. The SMILES string of the molecule is CC(=O)N([C@@H](Cc1ccccc1)C(=O)C(=O)OC(C)C)N1C(=O)C(C(C)C)N(C(=O)c2ccccn2)C=C1c1ccccc1. The van der Waals surface area contributed by atoms with Gasteiger partial charge in [-0.3, -0.25) is 29.1 Å². The van der Waals surface area contributed by atoms with Gasteiger partial charge in [0, 0.05) is 31.3 Å². The number of carbonyl (C=O) groups excluding carboxylic acids is 5. The molecule has 0 N–H and O–H groups in total. The number of benzene rings is 2. The zero-order valence-electron chi connectivity index (χ0n) is 25.4. The molecule has 1 aliphatic heterocycles. The zero-order valence-corrected chi connectivity index (χ0v) is 25.4. The monoisotopic (exact) mass is 596 g/mol. The summed E-state index contributed by atoms with van der Waals surface area (Å²) < 4.78 is 5.24. The predicted octanol–water partition coefficient (Wildman–Crippen LogP) is 4.28. The molecule has 0 saturated heterocycles. The van der Waals surface area contributed by atoms with E-state index in [2.05, 4.69) is 4.98 Å². The number of hydrazine groups is 1.